The summed E-state index contributed by atoms with van der Waals surface area (Å²) in [6, 6.07) is 9.86. The number of hydrogen-bond donors (Lipinski definition) is 0. The summed E-state index contributed by atoms with van der Waals surface area (Å²) in [4.78, 5) is 13.1. The molecule has 1 aromatic rings. The van der Waals surface area contributed by atoms with Gasteiger partial charge in [0, 0.05) is 13.1 Å². The first-order chi connectivity index (χ1) is 6.81. The number of carbonyl (C=O) groups excluding carboxylic acids is 1. The molecule has 70 valence electrons. The summed E-state index contributed by atoms with van der Waals surface area (Å²) in [5.74, 6) is -0.0799. The fraction of sp³-hybridized carbons (Fsp3) is 0.273. The molecule has 0 bridgehead atoms. The van der Waals surface area contributed by atoms with Crippen molar-refractivity contribution >= 4 is 5.91 Å². The minimum atomic E-state index is -0.0799. The van der Waals surface area contributed by atoms with Gasteiger partial charge in [-0.25, -0.2) is 0 Å². The second kappa shape index (κ2) is 3.51. The van der Waals surface area contributed by atoms with Crippen LogP contribution >= 0.6 is 0 Å². The van der Waals surface area contributed by atoms with Gasteiger partial charge in [0.1, 0.15) is 6.42 Å². The molecule has 1 aliphatic rings. The van der Waals surface area contributed by atoms with Gasteiger partial charge in [0.15, 0.2) is 0 Å². The Kier molecular flexibility index (Phi) is 2.19. The lowest BCUT2D eigenvalue weighted by Crippen LogP contribution is -2.24. The second-order valence-corrected chi connectivity index (χ2v) is 3.35. The lowest BCUT2D eigenvalue weighted by atomic mass is 10.1. The molecule has 1 heterocycles. The van der Waals surface area contributed by atoms with Crippen molar-refractivity contribution in [2.45, 2.75) is 19.5 Å². The van der Waals surface area contributed by atoms with Crippen molar-refractivity contribution in [3.05, 3.63) is 35.4 Å². The molecule has 0 aliphatic carbocycles. The van der Waals surface area contributed by atoms with Crippen molar-refractivity contribution in [1.29, 1.82) is 5.26 Å². The number of fused-ring (bicyclic) bond motifs is 1. The molecule has 1 amide bonds. The Morgan fingerprint density at radius 2 is 1.93 bits per heavy atom. The molecule has 2 rings (SSSR count). The van der Waals surface area contributed by atoms with Crippen LogP contribution in [-0.2, 0) is 17.9 Å². The van der Waals surface area contributed by atoms with E-state index in [1.54, 1.807) is 4.90 Å². The molecule has 0 fully saturated rings. The van der Waals surface area contributed by atoms with E-state index in [-0.39, 0.29) is 12.3 Å². The van der Waals surface area contributed by atoms with E-state index < -0.39 is 0 Å². The maximum Gasteiger partial charge on any atom is 0.237 e. The molecule has 3 heteroatoms. The fourth-order valence-electron chi connectivity index (χ4n) is 1.69. The minimum absolute atomic E-state index is 0.0199. The van der Waals surface area contributed by atoms with Crippen molar-refractivity contribution in [2.24, 2.45) is 0 Å². The maximum atomic E-state index is 11.4. The van der Waals surface area contributed by atoms with Crippen LogP contribution in [0.15, 0.2) is 24.3 Å². The van der Waals surface area contributed by atoms with E-state index in [4.69, 9.17) is 5.26 Å². The van der Waals surface area contributed by atoms with Crippen LogP contribution in [0.25, 0.3) is 0 Å². The standard InChI is InChI=1S/C11H10N2O/c12-6-5-11(14)13-7-9-3-1-2-4-10(9)8-13/h1-4H,5,7-8H2. The number of nitriles is 1. The highest BCUT2D eigenvalue weighted by Gasteiger charge is 2.21. The molecule has 0 atom stereocenters. The molecule has 0 unspecified atom stereocenters. The van der Waals surface area contributed by atoms with E-state index >= 15 is 0 Å². The molecule has 0 saturated carbocycles. The Bertz CT molecular complexity index is 381. The molecular weight excluding hydrogens is 176 g/mol. The summed E-state index contributed by atoms with van der Waals surface area (Å²) in [6.45, 7) is 1.30. The molecule has 0 aromatic heterocycles. The average molecular weight is 186 g/mol. The van der Waals surface area contributed by atoms with Crippen LogP contribution < -0.4 is 0 Å². The summed E-state index contributed by atoms with van der Waals surface area (Å²) >= 11 is 0. The molecule has 14 heavy (non-hydrogen) atoms. The van der Waals surface area contributed by atoms with E-state index in [0.29, 0.717) is 13.1 Å². The highest BCUT2D eigenvalue weighted by Crippen LogP contribution is 2.22. The van der Waals surface area contributed by atoms with Crippen LogP contribution in [0, 0.1) is 11.3 Å². The number of benzene rings is 1. The van der Waals surface area contributed by atoms with Gasteiger partial charge in [-0.15, -0.1) is 0 Å². The molecule has 0 saturated heterocycles. The highest BCUT2D eigenvalue weighted by molar-refractivity contribution is 5.78. The Morgan fingerprint density at radius 3 is 2.43 bits per heavy atom. The summed E-state index contributed by atoms with van der Waals surface area (Å²) in [7, 11) is 0. The number of hydrogen-bond acceptors (Lipinski definition) is 2. The van der Waals surface area contributed by atoms with Gasteiger partial charge in [0.25, 0.3) is 0 Å². The van der Waals surface area contributed by atoms with Crippen molar-refractivity contribution < 1.29 is 4.79 Å². The van der Waals surface area contributed by atoms with Crippen LogP contribution in [0.2, 0.25) is 0 Å². The monoisotopic (exact) mass is 186 g/mol. The first-order valence-corrected chi connectivity index (χ1v) is 4.53. The minimum Gasteiger partial charge on any atom is -0.333 e. The fourth-order valence-corrected chi connectivity index (χ4v) is 1.69. The second-order valence-electron chi connectivity index (χ2n) is 3.35. The van der Waals surface area contributed by atoms with E-state index in [1.807, 2.05) is 30.3 Å². The van der Waals surface area contributed by atoms with E-state index in [0.717, 1.165) is 0 Å². The van der Waals surface area contributed by atoms with Gasteiger partial charge in [-0.05, 0) is 11.1 Å². The molecule has 1 aromatic carbocycles. The SMILES string of the molecule is N#CCC(=O)N1Cc2ccccc2C1. The Labute approximate surface area is 82.6 Å². The third kappa shape index (κ3) is 1.47. The topological polar surface area (TPSA) is 44.1 Å². The van der Waals surface area contributed by atoms with Crippen molar-refractivity contribution in [1.82, 2.24) is 4.90 Å². The number of amides is 1. The van der Waals surface area contributed by atoms with Crippen molar-refractivity contribution in [3.8, 4) is 6.07 Å². The van der Waals surface area contributed by atoms with Gasteiger partial charge in [0.05, 0.1) is 6.07 Å². The lowest BCUT2D eigenvalue weighted by Gasteiger charge is -2.12. The van der Waals surface area contributed by atoms with Gasteiger partial charge < -0.3 is 4.90 Å². The Hall–Kier alpha value is -1.82. The van der Waals surface area contributed by atoms with Crippen molar-refractivity contribution in [2.75, 3.05) is 0 Å². The zero-order chi connectivity index (χ0) is 9.97. The maximum absolute atomic E-state index is 11.4. The predicted molar refractivity (Wildman–Crippen MR) is 50.9 cm³/mol. The van der Waals surface area contributed by atoms with Crippen LogP contribution in [-0.4, -0.2) is 10.8 Å². The Morgan fingerprint density at radius 1 is 1.36 bits per heavy atom. The third-order valence-electron chi connectivity index (χ3n) is 2.42. The first kappa shape index (κ1) is 8.76. The smallest absolute Gasteiger partial charge is 0.237 e. The average Bonchev–Trinajstić information content (AvgIpc) is 2.61. The van der Waals surface area contributed by atoms with Crippen LogP contribution in [0.4, 0.5) is 0 Å². The lowest BCUT2D eigenvalue weighted by molar-refractivity contribution is -0.130. The first-order valence-electron chi connectivity index (χ1n) is 4.53. The van der Waals surface area contributed by atoms with Gasteiger partial charge in [0.2, 0.25) is 5.91 Å². The van der Waals surface area contributed by atoms with E-state index in [9.17, 15) is 4.79 Å². The van der Waals surface area contributed by atoms with E-state index in [2.05, 4.69) is 0 Å². The highest BCUT2D eigenvalue weighted by atomic mass is 16.2. The Balaban J connectivity index is 2.12. The summed E-state index contributed by atoms with van der Waals surface area (Å²) < 4.78 is 0. The van der Waals surface area contributed by atoms with Crippen molar-refractivity contribution in [3.63, 3.8) is 0 Å². The molecular formula is C11H10N2O. The third-order valence-corrected chi connectivity index (χ3v) is 2.42. The summed E-state index contributed by atoms with van der Waals surface area (Å²) in [5, 5.41) is 8.42. The molecule has 0 N–H and O–H groups in total. The molecule has 0 radical (unpaired) electrons. The predicted octanol–water partition coefficient (Wildman–Crippen LogP) is 1.44. The molecule has 1 aliphatic heterocycles. The van der Waals surface area contributed by atoms with Gasteiger partial charge in [-0.2, -0.15) is 5.26 Å². The van der Waals surface area contributed by atoms with Gasteiger partial charge >= 0.3 is 0 Å². The quantitative estimate of drug-likeness (QED) is 0.666. The molecule has 3 nitrogen and oxygen atoms in total. The number of carbonyl (C=O) groups is 1. The van der Waals surface area contributed by atoms with Gasteiger partial charge in [-0.3, -0.25) is 4.79 Å². The zero-order valence-electron chi connectivity index (χ0n) is 7.73. The van der Waals surface area contributed by atoms with Crippen LogP contribution in [0.1, 0.15) is 17.5 Å². The number of nitrogens with zero attached hydrogens (tertiary/aromatic N) is 2. The zero-order valence-corrected chi connectivity index (χ0v) is 7.73. The normalized spacial score (nSPS) is 13.5. The number of rotatable bonds is 1. The van der Waals surface area contributed by atoms with Gasteiger partial charge in [-0.1, -0.05) is 24.3 Å². The van der Waals surface area contributed by atoms with E-state index in [1.165, 1.54) is 11.1 Å². The summed E-state index contributed by atoms with van der Waals surface area (Å²) in [5.41, 5.74) is 2.39. The van der Waals surface area contributed by atoms with Crippen LogP contribution in [0.5, 0.6) is 0 Å². The summed E-state index contributed by atoms with van der Waals surface area (Å²) in [6.07, 6.45) is -0.0199. The largest absolute Gasteiger partial charge is 0.333 e. The molecule has 0 spiro atoms. The van der Waals surface area contributed by atoms with Crippen LogP contribution in [0.3, 0.4) is 0 Å².